The van der Waals surface area contributed by atoms with Crippen LogP contribution in [0.1, 0.15) is 40.6 Å². The molecule has 0 radical (unpaired) electrons. The summed E-state index contributed by atoms with van der Waals surface area (Å²) in [6, 6.07) is 11.7. The van der Waals surface area contributed by atoms with Gasteiger partial charge in [0.1, 0.15) is 18.4 Å². The second kappa shape index (κ2) is 8.41. The number of nitrogens with one attached hydrogen (secondary N) is 1. The quantitative estimate of drug-likeness (QED) is 0.639. The fraction of sp³-hybridized carbons (Fsp3) is 0.211. The van der Waals surface area contributed by atoms with E-state index in [1.165, 1.54) is 0 Å². The number of rotatable bonds is 6. The molecule has 1 unspecified atom stereocenters. The third-order valence-corrected chi connectivity index (χ3v) is 4.38. The summed E-state index contributed by atoms with van der Waals surface area (Å²) < 4.78 is 10.9. The number of nitrogens with zero attached hydrogens (tertiary/aromatic N) is 2. The molecule has 0 fully saturated rings. The SMILES string of the molecule is Cc1noc(C(C)NC(=O)c2ccccc2OCc2ccc(Cl)cc2Cl)n1. The van der Waals surface area contributed by atoms with Gasteiger partial charge in [-0.3, -0.25) is 4.79 Å². The van der Waals surface area contributed by atoms with E-state index < -0.39 is 6.04 Å². The molecule has 8 heteroatoms. The minimum Gasteiger partial charge on any atom is -0.488 e. The van der Waals surface area contributed by atoms with E-state index in [-0.39, 0.29) is 12.5 Å². The first-order chi connectivity index (χ1) is 12.9. The van der Waals surface area contributed by atoms with Gasteiger partial charge in [0.2, 0.25) is 5.89 Å². The monoisotopic (exact) mass is 405 g/mol. The molecule has 27 heavy (non-hydrogen) atoms. The summed E-state index contributed by atoms with van der Waals surface area (Å²) in [6.45, 7) is 3.69. The molecule has 6 nitrogen and oxygen atoms in total. The molecule has 3 aromatic rings. The van der Waals surface area contributed by atoms with Gasteiger partial charge in [-0.05, 0) is 38.1 Å². The molecule has 0 aliphatic rings. The van der Waals surface area contributed by atoms with Gasteiger partial charge in [-0.1, -0.05) is 46.6 Å². The topological polar surface area (TPSA) is 77.2 Å². The molecule has 1 aromatic heterocycles. The van der Waals surface area contributed by atoms with E-state index >= 15 is 0 Å². The van der Waals surface area contributed by atoms with Crippen molar-refractivity contribution in [3.05, 3.63) is 75.4 Å². The summed E-state index contributed by atoms with van der Waals surface area (Å²) in [5, 5.41) is 7.61. The third-order valence-electron chi connectivity index (χ3n) is 3.79. The molecule has 3 rings (SSSR count). The fourth-order valence-electron chi connectivity index (χ4n) is 2.40. The van der Waals surface area contributed by atoms with Crippen molar-refractivity contribution >= 4 is 29.1 Å². The summed E-state index contributed by atoms with van der Waals surface area (Å²) in [5.74, 6) is 0.980. The Morgan fingerprint density at radius 2 is 2.04 bits per heavy atom. The Hall–Kier alpha value is -2.57. The van der Waals surface area contributed by atoms with Crippen LogP contribution in [0.15, 0.2) is 47.0 Å². The van der Waals surface area contributed by atoms with E-state index in [0.29, 0.717) is 33.1 Å². The van der Waals surface area contributed by atoms with Crippen LogP contribution in [0.2, 0.25) is 10.0 Å². The predicted octanol–water partition coefficient (Wildman–Crippen LogP) is 4.75. The summed E-state index contributed by atoms with van der Waals surface area (Å²) in [7, 11) is 0. The normalized spacial score (nSPS) is 11.9. The Balaban J connectivity index is 1.72. The average Bonchev–Trinajstić information content (AvgIpc) is 3.08. The Bertz CT molecular complexity index is 959. The number of aromatic nitrogens is 2. The maximum atomic E-state index is 12.7. The smallest absolute Gasteiger partial charge is 0.255 e. The Kier molecular flexibility index (Phi) is 5.98. The predicted molar refractivity (Wildman–Crippen MR) is 102 cm³/mol. The maximum Gasteiger partial charge on any atom is 0.255 e. The van der Waals surface area contributed by atoms with Crippen LogP contribution in [0.5, 0.6) is 5.75 Å². The number of carbonyl (C=O) groups excluding carboxylic acids is 1. The molecule has 1 amide bonds. The minimum atomic E-state index is -0.433. The second-order valence-electron chi connectivity index (χ2n) is 5.90. The lowest BCUT2D eigenvalue weighted by Crippen LogP contribution is -2.27. The average molecular weight is 406 g/mol. The van der Waals surface area contributed by atoms with E-state index in [4.69, 9.17) is 32.5 Å². The molecule has 2 aromatic carbocycles. The Morgan fingerprint density at radius 1 is 1.26 bits per heavy atom. The van der Waals surface area contributed by atoms with Crippen LogP contribution in [0, 0.1) is 6.92 Å². The molecule has 0 aliphatic carbocycles. The van der Waals surface area contributed by atoms with Gasteiger partial charge in [0.05, 0.1) is 5.56 Å². The Morgan fingerprint density at radius 3 is 2.74 bits per heavy atom. The van der Waals surface area contributed by atoms with E-state index in [2.05, 4.69) is 15.5 Å². The number of para-hydroxylation sites is 1. The molecule has 1 N–H and O–H groups in total. The van der Waals surface area contributed by atoms with Gasteiger partial charge >= 0.3 is 0 Å². The zero-order valence-electron chi connectivity index (χ0n) is 14.7. The van der Waals surface area contributed by atoms with Crippen molar-refractivity contribution in [2.75, 3.05) is 0 Å². The van der Waals surface area contributed by atoms with Crippen LogP contribution in [0.3, 0.4) is 0 Å². The van der Waals surface area contributed by atoms with Crippen molar-refractivity contribution < 1.29 is 14.1 Å². The van der Waals surface area contributed by atoms with Crippen LogP contribution in [0.4, 0.5) is 0 Å². The van der Waals surface area contributed by atoms with Crippen LogP contribution < -0.4 is 10.1 Å². The van der Waals surface area contributed by atoms with Gasteiger partial charge in [-0.2, -0.15) is 4.98 Å². The molecule has 0 saturated heterocycles. The number of aryl methyl sites for hydroxylation is 1. The van der Waals surface area contributed by atoms with Crippen molar-refractivity contribution in [2.45, 2.75) is 26.5 Å². The lowest BCUT2D eigenvalue weighted by atomic mass is 10.1. The van der Waals surface area contributed by atoms with Crippen molar-refractivity contribution in [3.63, 3.8) is 0 Å². The molecule has 1 heterocycles. The summed E-state index contributed by atoms with van der Waals surface area (Å²) >= 11 is 12.1. The van der Waals surface area contributed by atoms with Crippen molar-refractivity contribution in [1.29, 1.82) is 0 Å². The van der Waals surface area contributed by atoms with Crippen LogP contribution in [-0.2, 0) is 6.61 Å². The number of hydrogen-bond donors (Lipinski definition) is 1. The summed E-state index contributed by atoms with van der Waals surface area (Å²) in [6.07, 6.45) is 0. The first kappa shape index (κ1) is 19.2. The number of hydrogen-bond acceptors (Lipinski definition) is 5. The number of amides is 1. The van der Waals surface area contributed by atoms with Gasteiger partial charge in [-0.15, -0.1) is 0 Å². The highest BCUT2D eigenvalue weighted by Gasteiger charge is 2.19. The van der Waals surface area contributed by atoms with Crippen LogP contribution in [0.25, 0.3) is 0 Å². The molecule has 0 aliphatic heterocycles. The number of ether oxygens (including phenoxy) is 1. The lowest BCUT2D eigenvalue weighted by molar-refractivity contribution is 0.0928. The Labute approximate surface area is 166 Å². The molecule has 0 saturated carbocycles. The standard InChI is InChI=1S/C19H17Cl2N3O3/c1-11(19-23-12(2)24-27-19)22-18(25)15-5-3-4-6-17(15)26-10-13-7-8-14(20)9-16(13)21/h3-9,11H,10H2,1-2H3,(H,22,25). The molecular weight excluding hydrogens is 389 g/mol. The van der Waals surface area contributed by atoms with Crippen LogP contribution in [-0.4, -0.2) is 16.0 Å². The largest absolute Gasteiger partial charge is 0.488 e. The summed E-state index contributed by atoms with van der Waals surface area (Å²) in [5.41, 5.74) is 1.16. The summed E-state index contributed by atoms with van der Waals surface area (Å²) in [4.78, 5) is 16.8. The van der Waals surface area contributed by atoms with E-state index in [9.17, 15) is 4.79 Å². The maximum absolute atomic E-state index is 12.7. The first-order valence-corrected chi connectivity index (χ1v) is 8.96. The van der Waals surface area contributed by atoms with E-state index in [1.54, 1.807) is 56.3 Å². The second-order valence-corrected chi connectivity index (χ2v) is 6.74. The first-order valence-electron chi connectivity index (χ1n) is 8.21. The van der Waals surface area contributed by atoms with Crippen molar-refractivity contribution in [1.82, 2.24) is 15.5 Å². The molecule has 0 bridgehead atoms. The number of halogens is 2. The number of carbonyl (C=O) groups is 1. The van der Waals surface area contributed by atoms with Gasteiger partial charge in [0.25, 0.3) is 5.91 Å². The van der Waals surface area contributed by atoms with Crippen molar-refractivity contribution in [3.8, 4) is 5.75 Å². The minimum absolute atomic E-state index is 0.207. The van der Waals surface area contributed by atoms with Gasteiger partial charge in [-0.25, -0.2) is 0 Å². The zero-order chi connectivity index (χ0) is 19.4. The highest BCUT2D eigenvalue weighted by Crippen LogP contribution is 2.25. The fourth-order valence-corrected chi connectivity index (χ4v) is 2.86. The molecular formula is C19H17Cl2N3O3. The molecule has 1 atom stereocenters. The molecule has 0 spiro atoms. The lowest BCUT2D eigenvalue weighted by Gasteiger charge is -2.14. The van der Waals surface area contributed by atoms with Gasteiger partial charge < -0.3 is 14.6 Å². The zero-order valence-corrected chi connectivity index (χ0v) is 16.2. The molecule has 140 valence electrons. The highest BCUT2D eigenvalue weighted by molar-refractivity contribution is 6.35. The van der Waals surface area contributed by atoms with E-state index in [1.807, 2.05) is 0 Å². The van der Waals surface area contributed by atoms with Crippen molar-refractivity contribution in [2.24, 2.45) is 0 Å². The van der Waals surface area contributed by atoms with Gasteiger partial charge in [0, 0.05) is 15.6 Å². The van der Waals surface area contributed by atoms with Crippen LogP contribution >= 0.6 is 23.2 Å². The number of benzene rings is 2. The highest BCUT2D eigenvalue weighted by atomic mass is 35.5. The third kappa shape index (κ3) is 4.78. The van der Waals surface area contributed by atoms with Gasteiger partial charge in [0.15, 0.2) is 5.82 Å². The van der Waals surface area contributed by atoms with E-state index in [0.717, 1.165) is 5.56 Å².